The van der Waals surface area contributed by atoms with Gasteiger partial charge in [-0.2, -0.15) is 4.98 Å². The van der Waals surface area contributed by atoms with E-state index in [1.807, 2.05) is 0 Å². The fourth-order valence-corrected chi connectivity index (χ4v) is 2.77. The van der Waals surface area contributed by atoms with Gasteiger partial charge in [-0.1, -0.05) is 0 Å². The van der Waals surface area contributed by atoms with Crippen LogP contribution in [0, 0.1) is 0 Å². The molecule has 4 rings (SSSR count). The number of aromatic nitrogens is 5. The SMILES string of the molecule is Nc1nc2nccn2c2c1ncn2[C@@H]1O[C@H](CO)[C@@H](O)[C@H]1O. The third-order valence-corrected chi connectivity index (χ3v) is 3.87. The quantitative estimate of drug-likeness (QED) is 0.437. The van der Waals surface area contributed by atoms with Gasteiger partial charge in [0.2, 0.25) is 5.78 Å². The number of ether oxygens (including phenoxy) is 1. The number of hydrogen-bond donors (Lipinski definition) is 4. The Balaban J connectivity index is 1.93. The number of imidazole rings is 2. The van der Waals surface area contributed by atoms with Gasteiger partial charge in [0.25, 0.3) is 0 Å². The predicted molar refractivity (Wildman–Crippen MR) is 73.7 cm³/mol. The maximum Gasteiger partial charge on any atom is 0.237 e. The highest BCUT2D eigenvalue weighted by molar-refractivity contribution is 5.84. The molecule has 0 aromatic carbocycles. The Hall–Kier alpha value is -2.27. The second-order valence-electron chi connectivity index (χ2n) is 5.15. The van der Waals surface area contributed by atoms with Gasteiger partial charge in [-0.3, -0.25) is 8.97 Å². The van der Waals surface area contributed by atoms with E-state index in [0.29, 0.717) is 16.9 Å². The number of nitrogens with two attached hydrogens (primary N) is 1. The van der Waals surface area contributed by atoms with E-state index < -0.39 is 31.1 Å². The van der Waals surface area contributed by atoms with E-state index in [1.54, 1.807) is 21.4 Å². The van der Waals surface area contributed by atoms with E-state index in [4.69, 9.17) is 10.5 Å². The molecule has 1 aliphatic heterocycles. The summed E-state index contributed by atoms with van der Waals surface area (Å²) in [5, 5.41) is 29.3. The molecule has 10 nitrogen and oxygen atoms in total. The first kappa shape index (κ1) is 13.4. The van der Waals surface area contributed by atoms with Crippen LogP contribution in [0.1, 0.15) is 6.23 Å². The lowest BCUT2D eigenvalue weighted by atomic mass is 10.1. The van der Waals surface area contributed by atoms with Gasteiger partial charge in [-0.15, -0.1) is 0 Å². The number of nitrogens with zero attached hydrogens (tertiary/aromatic N) is 5. The van der Waals surface area contributed by atoms with Crippen LogP contribution in [0.15, 0.2) is 18.7 Å². The Morgan fingerprint density at radius 3 is 2.82 bits per heavy atom. The molecule has 0 bridgehead atoms. The zero-order valence-corrected chi connectivity index (χ0v) is 11.3. The van der Waals surface area contributed by atoms with E-state index in [1.165, 1.54) is 6.33 Å². The smallest absolute Gasteiger partial charge is 0.237 e. The van der Waals surface area contributed by atoms with Gasteiger partial charge in [-0.25, -0.2) is 9.97 Å². The summed E-state index contributed by atoms with van der Waals surface area (Å²) in [7, 11) is 0. The van der Waals surface area contributed by atoms with Crippen molar-refractivity contribution < 1.29 is 20.1 Å². The summed E-state index contributed by atoms with van der Waals surface area (Å²) in [4.78, 5) is 12.4. The Labute approximate surface area is 123 Å². The van der Waals surface area contributed by atoms with Crippen LogP contribution >= 0.6 is 0 Å². The van der Waals surface area contributed by atoms with Crippen molar-refractivity contribution in [2.45, 2.75) is 24.5 Å². The van der Waals surface area contributed by atoms with E-state index in [-0.39, 0.29) is 5.82 Å². The number of nitrogen functional groups attached to an aromatic ring is 1. The molecule has 4 atom stereocenters. The lowest BCUT2D eigenvalue weighted by molar-refractivity contribution is -0.0511. The Bertz CT molecular complexity index is 845. The number of aliphatic hydroxyl groups is 3. The maximum absolute atomic E-state index is 10.2. The van der Waals surface area contributed by atoms with Crippen molar-refractivity contribution in [1.29, 1.82) is 0 Å². The van der Waals surface area contributed by atoms with Crippen molar-refractivity contribution >= 4 is 22.8 Å². The number of aliphatic hydroxyl groups excluding tert-OH is 3. The molecule has 10 heteroatoms. The minimum Gasteiger partial charge on any atom is -0.394 e. The molecule has 4 heterocycles. The summed E-state index contributed by atoms with van der Waals surface area (Å²) in [6.45, 7) is -0.397. The topological polar surface area (TPSA) is 144 Å². The van der Waals surface area contributed by atoms with Gasteiger partial charge in [0.15, 0.2) is 17.7 Å². The molecule has 0 unspecified atom stereocenters. The van der Waals surface area contributed by atoms with E-state index in [9.17, 15) is 15.3 Å². The van der Waals surface area contributed by atoms with Crippen LogP contribution in [0.5, 0.6) is 0 Å². The molecule has 0 spiro atoms. The fourth-order valence-electron chi connectivity index (χ4n) is 2.77. The summed E-state index contributed by atoms with van der Waals surface area (Å²) in [6, 6.07) is 0. The standard InChI is InChI=1S/C12H14N6O4/c13-9-6-10(17-2-1-14-12(17)16-9)18(4-15-6)11-8(21)7(20)5(3-19)22-11/h1-2,4-5,7-8,11,19-21H,3H2,(H2,13,14,16)/t5-,7-,8-,11-/m1/s1. The molecule has 1 aliphatic rings. The highest BCUT2D eigenvalue weighted by Gasteiger charge is 2.44. The van der Waals surface area contributed by atoms with Crippen molar-refractivity contribution in [2.75, 3.05) is 12.3 Å². The molecule has 116 valence electrons. The summed E-state index contributed by atoms with van der Waals surface area (Å²) in [6.07, 6.45) is 0.536. The lowest BCUT2D eigenvalue weighted by Crippen LogP contribution is -2.33. The van der Waals surface area contributed by atoms with Gasteiger partial charge >= 0.3 is 0 Å². The van der Waals surface area contributed by atoms with Gasteiger partial charge < -0.3 is 25.8 Å². The van der Waals surface area contributed by atoms with Gasteiger partial charge in [0.1, 0.15) is 23.8 Å². The first-order valence-electron chi connectivity index (χ1n) is 6.69. The molecule has 0 amide bonds. The van der Waals surface area contributed by atoms with Crippen LogP contribution in [0.3, 0.4) is 0 Å². The van der Waals surface area contributed by atoms with Gasteiger partial charge in [0.05, 0.1) is 12.9 Å². The molecule has 0 saturated carbocycles. The van der Waals surface area contributed by atoms with Crippen LogP contribution in [0.4, 0.5) is 5.82 Å². The van der Waals surface area contributed by atoms with Gasteiger partial charge in [0, 0.05) is 12.4 Å². The zero-order valence-electron chi connectivity index (χ0n) is 11.3. The predicted octanol–water partition coefficient (Wildman–Crippen LogP) is -1.73. The minimum atomic E-state index is -1.21. The van der Waals surface area contributed by atoms with Crippen LogP contribution in [-0.4, -0.2) is 64.2 Å². The molecule has 0 radical (unpaired) electrons. The molecule has 1 fully saturated rings. The summed E-state index contributed by atoms with van der Waals surface area (Å²) < 4.78 is 8.74. The number of anilines is 1. The molecular formula is C12H14N6O4. The van der Waals surface area contributed by atoms with Crippen molar-refractivity contribution in [2.24, 2.45) is 0 Å². The lowest BCUT2D eigenvalue weighted by Gasteiger charge is -2.17. The monoisotopic (exact) mass is 306 g/mol. The van der Waals surface area contributed by atoms with Crippen molar-refractivity contribution in [3.63, 3.8) is 0 Å². The van der Waals surface area contributed by atoms with Crippen LogP contribution < -0.4 is 5.73 Å². The number of hydrogen-bond acceptors (Lipinski definition) is 8. The molecule has 22 heavy (non-hydrogen) atoms. The van der Waals surface area contributed by atoms with Crippen LogP contribution in [0.2, 0.25) is 0 Å². The first-order chi connectivity index (χ1) is 10.6. The number of fused-ring (bicyclic) bond motifs is 3. The normalized spacial score (nSPS) is 28.9. The molecular weight excluding hydrogens is 292 g/mol. The second kappa shape index (κ2) is 4.61. The van der Waals surface area contributed by atoms with Crippen LogP contribution in [0.25, 0.3) is 16.9 Å². The third kappa shape index (κ3) is 1.66. The van der Waals surface area contributed by atoms with Crippen LogP contribution in [-0.2, 0) is 4.74 Å². The zero-order chi connectivity index (χ0) is 15.4. The Morgan fingerprint density at radius 2 is 2.09 bits per heavy atom. The molecule has 0 aliphatic carbocycles. The molecule has 3 aromatic rings. The Morgan fingerprint density at radius 1 is 1.27 bits per heavy atom. The number of rotatable bonds is 2. The van der Waals surface area contributed by atoms with Crippen molar-refractivity contribution in [3.8, 4) is 0 Å². The Kier molecular flexibility index (Phi) is 2.81. The summed E-state index contributed by atoms with van der Waals surface area (Å²) in [5.74, 6) is 0.595. The maximum atomic E-state index is 10.2. The summed E-state index contributed by atoms with van der Waals surface area (Å²) in [5.41, 5.74) is 6.85. The van der Waals surface area contributed by atoms with E-state index >= 15 is 0 Å². The van der Waals surface area contributed by atoms with Crippen molar-refractivity contribution in [3.05, 3.63) is 18.7 Å². The molecule has 5 N–H and O–H groups in total. The molecule has 3 aromatic heterocycles. The minimum absolute atomic E-state index is 0.208. The average molecular weight is 306 g/mol. The molecule has 1 saturated heterocycles. The van der Waals surface area contributed by atoms with Crippen molar-refractivity contribution in [1.82, 2.24) is 23.9 Å². The van der Waals surface area contributed by atoms with Gasteiger partial charge in [-0.05, 0) is 0 Å². The highest BCUT2D eigenvalue weighted by Crippen LogP contribution is 2.32. The summed E-state index contributed by atoms with van der Waals surface area (Å²) >= 11 is 0. The largest absolute Gasteiger partial charge is 0.394 e. The van der Waals surface area contributed by atoms with E-state index in [2.05, 4.69) is 15.0 Å². The van der Waals surface area contributed by atoms with E-state index in [0.717, 1.165) is 0 Å². The highest BCUT2D eigenvalue weighted by atomic mass is 16.6. The third-order valence-electron chi connectivity index (χ3n) is 3.87. The second-order valence-corrected chi connectivity index (χ2v) is 5.15. The average Bonchev–Trinajstić information content (AvgIpc) is 3.18. The fraction of sp³-hybridized carbons (Fsp3) is 0.417. The first-order valence-corrected chi connectivity index (χ1v) is 6.69.